The summed E-state index contributed by atoms with van der Waals surface area (Å²) in [6, 6.07) is 9.42. The number of hydrogen-bond donors (Lipinski definition) is 1. The molecule has 8 heteroatoms. The van der Waals surface area contributed by atoms with Gasteiger partial charge in [0.2, 0.25) is 5.91 Å². The van der Waals surface area contributed by atoms with Crippen LogP contribution >= 0.6 is 23.2 Å². The molecule has 0 saturated carbocycles. The summed E-state index contributed by atoms with van der Waals surface area (Å²) in [6.45, 7) is 0.256. The van der Waals surface area contributed by atoms with E-state index in [4.69, 9.17) is 23.2 Å². The van der Waals surface area contributed by atoms with Crippen molar-refractivity contribution < 1.29 is 13.2 Å². The summed E-state index contributed by atoms with van der Waals surface area (Å²) >= 11 is 11.6. The zero-order chi connectivity index (χ0) is 16.9. The van der Waals surface area contributed by atoms with Crippen molar-refractivity contribution in [3.05, 3.63) is 58.3 Å². The molecule has 0 aliphatic heterocycles. The molecule has 0 spiro atoms. The van der Waals surface area contributed by atoms with Gasteiger partial charge in [0.1, 0.15) is 0 Å². The van der Waals surface area contributed by atoms with Gasteiger partial charge in [0.15, 0.2) is 9.84 Å². The lowest BCUT2D eigenvalue weighted by molar-refractivity contribution is -0.120. The number of nitrogens with zero attached hydrogens (tertiary/aromatic N) is 1. The second-order valence-electron chi connectivity index (χ2n) is 4.74. The van der Waals surface area contributed by atoms with Crippen molar-refractivity contribution in [1.29, 1.82) is 0 Å². The van der Waals surface area contributed by atoms with Crippen LogP contribution in [-0.2, 0) is 21.2 Å². The molecule has 1 amide bonds. The largest absolute Gasteiger partial charge is 0.350 e. The average Bonchev–Trinajstić information content (AvgIpc) is 2.54. The minimum atomic E-state index is -3.60. The molecule has 23 heavy (non-hydrogen) atoms. The minimum Gasteiger partial charge on any atom is -0.350 e. The van der Waals surface area contributed by atoms with Crippen LogP contribution in [0, 0.1) is 0 Å². The lowest BCUT2D eigenvalue weighted by atomic mass is 10.3. The van der Waals surface area contributed by atoms with E-state index in [0.29, 0.717) is 5.69 Å². The quantitative estimate of drug-likeness (QED) is 0.845. The van der Waals surface area contributed by atoms with E-state index in [-0.39, 0.29) is 39.6 Å². The van der Waals surface area contributed by atoms with Crippen molar-refractivity contribution in [2.75, 3.05) is 5.75 Å². The maximum atomic E-state index is 12.2. The van der Waals surface area contributed by atoms with Crippen LogP contribution in [0.1, 0.15) is 12.1 Å². The molecule has 122 valence electrons. The zero-order valence-corrected chi connectivity index (χ0v) is 14.3. The van der Waals surface area contributed by atoms with Gasteiger partial charge in [-0.2, -0.15) is 0 Å². The molecule has 0 radical (unpaired) electrons. The Hall–Kier alpha value is -1.63. The highest BCUT2D eigenvalue weighted by Gasteiger charge is 2.17. The zero-order valence-electron chi connectivity index (χ0n) is 12.0. The third kappa shape index (κ3) is 5.20. The van der Waals surface area contributed by atoms with Gasteiger partial charge in [-0.25, -0.2) is 8.42 Å². The highest BCUT2D eigenvalue weighted by atomic mass is 35.5. The van der Waals surface area contributed by atoms with Gasteiger partial charge in [-0.05, 0) is 30.3 Å². The molecule has 0 bridgehead atoms. The lowest BCUT2D eigenvalue weighted by Gasteiger charge is -2.07. The normalized spacial score (nSPS) is 11.2. The predicted octanol–water partition coefficient (Wildman–Crippen LogP) is 2.87. The highest BCUT2D eigenvalue weighted by Crippen LogP contribution is 2.25. The summed E-state index contributed by atoms with van der Waals surface area (Å²) in [5.41, 5.74) is 0.702. The fraction of sp³-hybridized carbons (Fsp3) is 0.200. The first-order valence-electron chi connectivity index (χ1n) is 6.73. The van der Waals surface area contributed by atoms with Gasteiger partial charge in [0.05, 0.1) is 32.9 Å². The Kier molecular flexibility index (Phi) is 5.98. The van der Waals surface area contributed by atoms with E-state index in [1.165, 1.54) is 18.2 Å². The molecule has 1 aromatic carbocycles. The third-order valence-corrected chi connectivity index (χ3v) is 5.49. The Balaban J connectivity index is 1.91. The Morgan fingerprint density at radius 2 is 1.91 bits per heavy atom. The number of pyridine rings is 1. The number of carbonyl (C=O) groups is 1. The molecule has 0 aliphatic carbocycles. The maximum Gasteiger partial charge on any atom is 0.221 e. The number of sulfone groups is 1. The number of halogens is 2. The second kappa shape index (κ2) is 7.77. The molecular formula is C15H14Cl2N2O3S. The SMILES string of the molecule is O=C(CCS(=O)(=O)c1ccc(Cl)c(Cl)c1)NCc1ccccn1. The fourth-order valence-electron chi connectivity index (χ4n) is 1.80. The molecule has 1 N–H and O–H groups in total. The van der Waals surface area contributed by atoms with Crippen LogP contribution in [0.5, 0.6) is 0 Å². The molecule has 0 aliphatic rings. The van der Waals surface area contributed by atoms with Gasteiger partial charge in [-0.3, -0.25) is 9.78 Å². The molecule has 0 atom stereocenters. The van der Waals surface area contributed by atoms with Gasteiger partial charge in [0, 0.05) is 12.6 Å². The Bertz CT molecular complexity index is 796. The van der Waals surface area contributed by atoms with Crippen LogP contribution in [0.3, 0.4) is 0 Å². The second-order valence-corrected chi connectivity index (χ2v) is 7.67. The molecule has 2 aromatic rings. The Labute approximate surface area is 144 Å². The van der Waals surface area contributed by atoms with Gasteiger partial charge >= 0.3 is 0 Å². The smallest absolute Gasteiger partial charge is 0.221 e. The molecule has 2 rings (SSSR count). The summed E-state index contributed by atoms with van der Waals surface area (Å²) in [5, 5.41) is 3.07. The van der Waals surface area contributed by atoms with E-state index in [0.717, 1.165) is 0 Å². The standard InChI is InChI=1S/C15H14Cl2N2O3S/c16-13-5-4-12(9-14(13)17)23(21,22)8-6-15(20)19-10-11-3-1-2-7-18-11/h1-5,7,9H,6,8,10H2,(H,19,20). The first kappa shape index (κ1) is 17.7. The molecular weight excluding hydrogens is 359 g/mol. The predicted molar refractivity (Wildman–Crippen MR) is 89.2 cm³/mol. The van der Waals surface area contributed by atoms with E-state index in [1.807, 2.05) is 6.07 Å². The van der Waals surface area contributed by atoms with Gasteiger partial charge in [-0.1, -0.05) is 29.3 Å². The van der Waals surface area contributed by atoms with E-state index in [2.05, 4.69) is 10.3 Å². The summed E-state index contributed by atoms with van der Waals surface area (Å²) in [5.74, 6) is -0.668. The molecule has 1 aromatic heterocycles. The number of carbonyl (C=O) groups excluding carboxylic acids is 1. The van der Waals surface area contributed by atoms with Crippen LogP contribution < -0.4 is 5.32 Å². The number of rotatable bonds is 6. The number of amides is 1. The van der Waals surface area contributed by atoms with E-state index >= 15 is 0 Å². The first-order chi connectivity index (χ1) is 10.9. The van der Waals surface area contributed by atoms with Crippen LogP contribution in [0.4, 0.5) is 0 Å². The highest BCUT2D eigenvalue weighted by molar-refractivity contribution is 7.91. The first-order valence-corrected chi connectivity index (χ1v) is 9.14. The average molecular weight is 373 g/mol. The van der Waals surface area contributed by atoms with Crippen LogP contribution in [0.25, 0.3) is 0 Å². The number of benzene rings is 1. The van der Waals surface area contributed by atoms with Gasteiger partial charge in [-0.15, -0.1) is 0 Å². The van der Waals surface area contributed by atoms with E-state index < -0.39 is 9.84 Å². The lowest BCUT2D eigenvalue weighted by Crippen LogP contribution is -2.25. The summed E-state index contributed by atoms with van der Waals surface area (Å²) < 4.78 is 24.4. The fourth-order valence-corrected chi connectivity index (χ4v) is 3.42. The summed E-state index contributed by atoms with van der Waals surface area (Å²) in [7, 11) is -3.60. The molecule has 0 unspecified atom stereocenters. The van der Waals surface area contributed by atoms with E-state index in [1.54, 1.807) is 18.3 Å². The number of hydrogen-bond acceptors (Lipinski definition) is 4. The van der Waals surface area contributed by atoms with Crippen LogP contribution in [0.15, 0.2) is 47.5 Å². The van der Waals surface area contributed by atoms with Crippen molar-refractivity contribution in [2.24, 2.45) is 0 Å². The number of nitrogens with one attached hydrogen (secondary N) is 1. The summed E-state index contributed by atoms with van der Waals surface area (Å²) in [4.78, 5) is 15.9. The maximum absolute atomic E-state index is 12.2. The Morgan fingerprint density at radius 3 is 2.57 bits per heavy atom. The molecule has 0 saturated heterocycles. The van der Waals surface area contributed by atoms with Crippen molar-refractivity contribution in [3.8, 4) is 0 Å². The Morgan fingerprint density at radius 1 is 1.13 bits per heavy atom. The van der Waals surface area contributed by atoms with Gasteiger partial charge < -0.3 is 5.32 Å². The minimum absolute atomic E-state index is 0.0458. The molecule has 5 nitrogen and oxygen atoms in total. The van der Waals surface area contributed by atoms with Gasteiger partial charge in [0.25, 0.3) is 0 Å². The van der Waals surface area contributed by atoms with Crippen molar-refractivity contribution in [1.82, 2.24) is 10.3 Å². The number of aromatic nitrogens is 1. The summed E-state index contributed by atoms with van der Waals surface area (Å²) in [6.07, 6.45) is 1.48. The van der Waals surface area contributed by atoms with Crippen molar-refractivity contribution in [3.63, 3.8) is 0 Å². The third-order valence-electron chi connectivity index (χ3n) is 3.04. The van der Waals surface area contributed by atoms with Crippen molar-refractivity contribution >= 4 is 38.9 Å². The molecule has 0 fully saturated rings. The van der Waals surface area contributed by atoms with Crippen LogP contribution in [-0.4, -0.2) is 25.1 Å². The monoisotopic (exact) mass is 372 g/mol. The van der Waals surface area contributed by atoms with Crippen molar-refractivity contribution in [2.45, 2.75) is 17.9 Å². The topological polar surface area (TPSA) is 76.1 Å². The molecule has 1 heterocycles. The van der Waals surface area contributed by atoms with E-state index in [9.17, 15) is 13.2 Å². The van der Waals surface area contributed by atoms with Crippen LogP contribution in [0.2, 0.25) is 10.0 Å².